The quantitative estimate of drug-likeness (QED) is 0.778. The Balaban J connectivity index is 2.65. The Kier molecular flexibility index (Phi) is 4.65. The summed E-state index contributed by atoms with van der Waals surface area (Å²) < 4.78 is 35.1. The summed E-state index contributed by atoms with van der Waals surface area (Å²) >= 11 is 5.56. The number of sulfone groups is 1. The van der Waals surface area contributed by atoms with E-state index in [2.05, 4.69) is 0 Å². The summed E-state index contributed by atoms with van der Waals surface area (Å²) in [5.41, 5.74) is -0.0529. The van der Waals surface area contributed by atoms with Crippen LogP contribution in [-0.4, -0.2) is 26.2 Å². The van der Waals surface area contributed by atoms with E-state index in [0.29, 0.717) is 0 Å². The molecule has 94 valence electrons. The average molecular weight is 279 g/mol. The number of carbonyl (C=O) groups excluding carboxylic acids is 1. The lowest BCUT2D eigenvalue weighted by Gasteiger charge is -2.02. The van der Waals surface area contributed by atoms with Gasteiger partial charge in [0.15, 0.2) is 5.78 Å². The number of hydrogen-bond acceptors (Lipinski definition) is 3. The van der Waals surface area contributed by atoms with Crippen molar-refractivity contribution in [3.63, 3.8) is 0 Å². The van der Waals surface area contributed by atoms with Gasteiger partial charge in [0.2, 0.25) is 0 Å². The zero-order valence-corrected chi connectivity index (χ0v) is 10.8. The molecule has 0 atom stereocenters. The summed E-state index contributed by atoms with van der Waals surface area (Å²) in [5, 5.41) is 0.218. The Labute approximate surface area is 105 Å². The molecule has 0 bridgehead atoms. The monoisotopic (exact) mass is 278 g/mol. The van der Waals surface area contributed by atoms with Crippen molar-refractivity contribution >= 4 is 27.2 Å². The maximum Gasteiger partial charge on any atom is 0.165 e. The lowest BCUT2D eigenvalue weighted by Crippen LogP contribution is -2.07. The van der Waals surface area contributed by atoms with Crippen molar-refractivity contribution in [2.75, 3.05) is 12.0 Å². The van der Waals surface area contributed by atoms with E-state index < -0.39 is 21.4 Å². The molecule has 0 N–H and O–H groups in total. The minimum atomic E-state index is -3.09. The number of benzene rings is 1. The molecule has 0 amide bonds. The summed E-state index contributed by atoms with van der Waals surface area (Å²) in [7, 11) is -3.09. The van der Waals surface area contributed by atoms with Gasteiger partial charge in [-0.1, -0.05) is 11.6 Å². The number of Topliss-reactive ketones (excluding diaryl/α,β-unsaturated/α-hetero) is 1. The van der Waals surface area contributed by atoms with Crippen molar-refractivity contribution in [2.45, 2.75) is 12.8 Å². The molecular weight excluding hydrogens is 267 g/mol. The molecule has 0 saturated carbocycles. The van der Waals surface area contributed by atoms with Crippen LogP contribution in [0, 0.1) is 5.82 Å². The molecule has 0 heterocycles. The third-order valence-corrected chi connectivity index (χ3v) is 3.42. The normalized spacial score (nSPS) is 11.5. The van der Waals surface area contributed by atoms with Crippen molar-refractivity contribution in [2.24, 2.45) is 0 Å². The second kappa shape index (κ2) is 5.60. The summed E-state index contributed by atoms with van der Waals surface area (Å²) in [6.07, 6.45) is 1.30. The van der Waals surface area contributed by atoms with Crippen molar-refractivity contribution in [3.8, 4) is 0 Å². The van der Waals surface area contributed by atoms with Gasteiger partial charge in [-0.15, -0.1) is 0 Å². The van der Waals surface area contributed by atoms with Crippen LogP contribution in [0.5, 0.6) is 0 Å². The smallest absolute Gasteiger partial charge is 0.165 e. The van der Waals surface area contributed by atoms with E-state index in [1.165, 1.54) is 12.1 Å². The molecule has 1 aromatic rings. The van der Waals surface area contributed by atoms with Gasteiger partial charge in [-0.2, -0.15) is 0 Å². The Morgan fingerprint density at radius 2 is 2.06 bits per heavy atom. The maximum absolute atomic E-state index is 13.3. The summed E-state index contributed by atoms with van der Waals surface area (Å²) in [6.45, 7) is 0. The van der Waals surface area contributed by atoms with E-state index in [0.717, 1.165) is 12.3 Å². The van der Waals surface area contributed by atoms with Gasteiger partial charge in [0, 0.05) is 17.7 Å². The Hall–Kier alpha value is -0.940. The molecule has 0 aromatic heterocycles. The molecule has 3 nitrogen and oxygen atoms in total. The number of carbonyl (C=O) groups is 1. The SMILES string of the molecule is CS(=O)(=O)CCCC(=O)c1ccc(Cl)cc1F. The highest BCUT2D eigenvalue weighted by Gasteiger charge is 2.12. The zero-order valence-electron chi connectivity index (χ0n) is 9.24. The van der Waals surface area contributed by atoms with Gasteiger partial charge in [-0.25, -0.2) is 12.8 Å². The first-order chi connectivity index (χ1) is 7.79. The fourth-order valence-electron chi connectivity index (χ4n) is 1.35. The second-order valence-corrected chi connectivity index (χ2v) is 6.48. The first-order valence-corrected chi connectivity index (χ1v) is 7.39. The molecule has 1 aromatic carbocycles. The Morgan fingerprint density at radius 1 is 1.41 bits per heavy atom. The topological polar surface area (TPSA) is 51.2 Å². The molecule has 0 radical (unpaired) electrons. The van der Waals surface area contributed by atoms with E-state index in [1.807, 2.05) is 0 Å². The first kappa shape index (κ1) is 14.1. The minimum absolute atomic E-state index is 0.00558. The molecule has 0 saturated heterocycles. The molecule has 17 heavy (non-hydrogen) atoms. The van der Waals surface area contributed by atoms with Crippen molar-refractivity contribution < 1.29 is 17.6 Å². The van der Waals surface area contributed by atoms with Crippen LogP contribution in [0.2, 0.25) is 5.02 Å². The second-order valence-electron chi connectivity index (χ2n) is 3.78. The zero-order chi connectivity index (χ0) is 13.1. The summed E-state index contributed by atoms with van der Waals surface area (Å²) in [5.74, 6) is -1.17. The maximum atomic E-state index is 13.3. The van der Waals surface area contributed by atoms with E-state index >= 15 is 0 Å². The van der Waals surface area contributed by atoms with Gasteiger partial charge < -0.3 is 0 Å². The summed E-state index contributed by atoms with van der Waals surface area (Å²) in [4.78, 5) is 11.6. The van der Waals surface area contributed by atoms with Crippen LogP contribution in [0.25, 0.3) is 0 Å². The third kappa shape index (κ3) is 4.83. The molecule has 0 aliphatic carbocycles. The summed E-state index contributed by atoms with van der Waals surface area (Å²) in [6, 6.07) is 3.79. The molecule has 0 spiro atoms. The van der Waals surface area contributed by atoms with E-state index in [-0.39, 0.29) is 29.2 Å². The highest BCUT2D eigenvalue weighted by molar-refractivity contribution is 7.90. The van der Waals surface area contributed by atoms with Gasteiger partial charge in [-0.3, -0.25) is 4.79 Å². The van der Waals surface area contributed by atoms with Gasteiger partial charge in [-0.05, 0) is 24.6 Å². The molecule has 0 unspecified atom stereocenters. The van der Waals surface area contributed by atoms with Gasteiger partial charge in [0.05, 0.1) is 11.3 Å². The third-order valence-electron chi connectivity index (χ3n) is 2.15. The lowest BCUT2D eigenvalue weighted by molar-refractivity contribution is 0.0978. The van der Waals surface area contributed by atoms with Crippen LogP contribution in [-0.2, 0) is 9.84 Å². The predicted octanol–water partition coefficient (Wildman–Crippen LogP) is 2.49. The standard InChI is InChI=1S/C11H12ClFO3S/c1-17(15,16)6-2-3-11(14)9-5-4-8(12)7-10(9)13/h4-5,7H,2-3,6H2,1H3. The molecule has 1 rings (SSSR count). The first-order valence-electron chi connectivity index (χ1n) is 4.95. The van der Waals surface area contributed by atoms with Crippen LogP contribution in [0.1, 0.15) is 23.2 Å². The number of halogens is 2. The van der Waals surface area contributed by atoms with Gasteiger partial charge >= 0.3 is 0 Å². The number of ketones is 1. The van der Waals surface area contributed by atoms with E-state index in [4.69, 9.17) is 11.6 Å². The lowest BCUT2D eigenvalue weighted by atomic mass is 10.1. The highest BCUT2D eigenvalue weighted by atomic mass is 35.5. The minimum Gasteiger partial charge on any atom is -0.294 e. The van der Waals surface area contributed by atoms with Crippen LogP contribution >= 0.6 is 11.6 Å². The van der Waals surface area contributed by atoms with Crippen molar-refractivity contribution in [1.82, 2.24) is 0 Å². The molecule has 0 aliphatic rings. The molecular formula is C11H12ClFO3S. The fourth-order valence-corrected chi connectivity index (χ4v) is 2.17. The average Bonchev–Trinajstić information content (AvgIpc) is 2.15. The Morgan fingerprint density at radius 3 is 2.59 bits per heavy atom. The largest absolute Gasteiger partial charge is 0.294 e. The Bertz CT molecular complexity index is 526. The molecule has 6 heteroatoms. The van der Waals surface area contributed by atoms with E-state index in [9.17, 15) is 17.6 Å². The van der Waals surface area contributed by atoms with Crippen molar-refractivity contribution in [1.29, 1.82) is 0 Å². The predicted molar refractivity (Wildman–Crippen MR) is 64.7 cm³/mol. The van der Waals surface area contributed by atoms with Crippen molar-refractivity contribution in [3.05, 3.63) is 34.6 Å². The van der Waals surface area contributed by atoms with E-state index in [1.54, 1.807) is 0 Å². The van der Waals surface area contributed by atoms with Gasteiger partial charge in [0.25, 0.3) is 0 Å². The number of rotatable bonds is 5. The number of hydrogen-bond donors (Lipinski definition) is 0. The molecule has 0 fully saturated rings. The van der Waals surface area contributed by atoms with Crippen LogP contribution in [0.4, 0.5) is 4.39 Å². The van der Waals surface area contributed by atoms with Crippen LogP contribution in [0.3, 0.4) is 0 Å². The van der Waals surface area contributed by atoms with Crippen LogP contribution < -0.4 is 0 Å². The fraction of sp³-hybridized carbons (Fsp3) is 0.364. The van der Waals surface area contributed by atoms with Gasteiger partial charge in [0.1, 0.15) is 15.7 Å². The molecule has 0 aliphatic heterocycles. The highest BCUT2D eigenvalue weighted by Crippen LogP contribution is 2.16. The van der Waals surface area contributed by atoms with Crippen LogP contribution in [0.15, 0.2) is 18.2 Å².